The zero-order chi connectivity index (χ0) is 25.1. The summed E-state index contributed by atoms with van der Waals surface area (Å²) in [5.74, 6) is 1.50. The highest BCUT2D eigenvalue weighted by atomic mass is 16.5. The molecule has 2 N–H and O–H groups in total. The van der Waals surface area contributed by atoms with Crippen LogP contribution in [0.2, 0.25) is 0 Å². The Labute approximate surface area is 212 Å². The standard InChI is InChI=1S/C30H44N2O3/c1-3-5-7-9-11-13-15-29(33)31-25-17-21-27(22-18-25)35-28-23-19-26(20-24-28)32-30(34)16-14-12-10-8-6-4-2/h17-24H,3-16H2,1-2H3,(H,31,33)(H,32,34). The molecule has 192 valence electrons. The number of carbonyl (C=O) groups excluding carboxylic acids is 2. The Morgan fingerprint density at radius 1 is 0.543 bits per heavy atom. The number of carbonyl (C=O) groups is 2. The SMILES string of the molecule is CCCCCCCCC(=O)Nc1ccc(Oc2ccc(NC(=O)CCCCCCCC)cc2)cc1. The molecule has 0 aliphatic rings. The smallest absolute Gasteiger partial charge is 0.224 e. The molecule has 2 aromatic rings. The first-order valence-corrected chi connectivity index (χ1v) is 13.6. The van der Waals surface area contributed by atoms with Gasteiger partial charge in [-0.05, 0) is 61.4 Å². The van der Waals surface area contributed by atoms with Crippen molar-refractivity contribution < 1.29 is 14.3 Å². The first-order valence-electron chi connectivity index (χ1n) is 13.6. The number of rotatable bonds is 18. The van der Waals surface area contributed by atoms with Crippen LogP contribution in [-0.2, 0) is 9.59 Å². The van der Waals surface area contributed by atoms with Gasteiger partial charge in [-0.15, -0.1) is 0 Å². The molecule has 0 bridgehead atoms. The Morgan fingerprint density at radius 2 is 0.886 bits per heavy atom. The van der Waals surface area contributed by atoms with Gasteiger partial charge in [-0.3, -0.25) is 9.59 Å². The van der Waals surface area contributed by atoms with Gasteiger partial charge in [-0.25, -0.2) is 0 Å². The van der Waals surface area contributed by atoms with E-state index in [1.54, 1.807) is 0 Å². The molecule has 0 unspecified atom stereocenters. The predicted molar refractivity (Wildman–Crippen MR) is 146 cm³/mol. The average molecular weight is 481 g/mol. The van der Waals surface area contributed by atoms with Gasteiger partial charge in [0.1, 0.15) is 11.5 Å². The highest BCUT2D eigenvalue weighted by Gasteiger charge is 2.05. The van der Waals surface area contributed by atoms with Gasteiger partial charge in [0.2, 0.25) is 11.8 Å². The highest BCUT2D eigenvalue weighted by molar-refractivity contribution is 5.91. The van der Waals surface area contributed by atoms with E-state index in [9.17, 15) is 9.59 Å². The van der Waals surface area contributed by atoms with Gasteiger partial charge >= 0.3 is 0 Å². The molecule has 5 nitrogen and oxygen atoms in total. The molecule has 2 amide bonds. The van der Waals surface area contributed by atoms with Gasteiger partial charge in [0.25, 0.3) is 0 Å². The summed E-state index contributed by atoms with van der Waals surface area (Å²) in [6.45, 7) is 4.42. The topological polar surface area (TPSA) is 67.4 Å². The number of hydrogen-bond acceptors (Lipinski definition) is 3. The van der Waals surface area contributed by atoms with Crippen molar-refractivity contribution >= 4 is 23.2 Å². The Morgan fingerprint density at radius 3 is 1.26 bits per heavy atom. The van der Waals surface area contributed by atoms with Crippen LogP contribution in [0.25, 0.3) is 0 Å². The Bertz CT molecular complexity index is 775. The zero-order valence-corrected chi connectivity index (χ0v) is 21.7. The van der Waals surface area contributed by atoms with Crippen LogP contribution in [0.3, 0.4) is 0 Å². The monoisotopic (exact) mass is 480 g/mol. The lowest BCUT2D eigenvalue weighted by Crippen LogP contribution is -2.11. The Hall–Kier alpha value is -2.82. The van der Waals surface area contributed by atoms with Crippen LogP contribution in [0.15, 0.2) is 48.5 Å². The van der Waals surface area contributed by atoms with Crippen molar-refractivity contribution in [2.24, 2.45) is 0 Å². The number of anilines is 2. The van der Waals surface area contributed by atoms with Crippen LogP contribution in [0, 0.1) is 0 Å². The van der Waals surface area contributed by atoms with E-state index in [0.717, 1.165) is 37.1 Å². The van der Waals surface area contributed by atoms with Gasteiger partial charge in [0.05, 0.1) is 0 Å². The lowest BCUT2D eigenvalue weighted by atomic mass is 10.1. The number of nitrogens with one attached hydrogen (secondary N) is 2. The summed E-state index contributed by atoms with van der Waals surface area (Å²) in [5, 5.41) is 5.91. The van der Waals surface area contributed by atoms with Crippen molar-refractivity contribution in [3.05, 3.63) is 48.5 Å². The maximum absolute atomic E-state index is 12.1. The second kappa shape index (κ2) is 17.6. The van der Waals surface area contributed by atoms with Gasteiger partial charge in [0, 0.05) is 24.2 Å². The number of unbranched alkanes of at least 4 members (excludes halogenated alkanes) is 10. The lowest BCUT2D eigenvalue weighted by molar-refractivity contribution is -0.117. The number of hydrogen-bond donors (Lipinski definition) is 2. The number of benzene rings is 2. The molecule has 0 spiro atoms. The van der Waals surface area contributed by atoms with Crippen molar-refractivity contribution in [1.82, 2.24) is 0 Å². The van der Waals surface area contributed by atoms with Gasteiger partial charge in [-0.1, -0.05) is 78.1 Å². The van der Waals surface area contributed by atoms with Crippen molar-refractivity contribution in [3.63, 3.8) is 0 Å². The Kier molecular flexibility index (Phi) is 14.3. The van der Waals surface area contributed by atoms with E-state index in [1.165, 1.54) is 51.4 Å². The van der Waals surface area contributed by atoms with Gasteiger partial charge < -0.3 is 15.4 Å². The summed E-state index contributed by atoms with van der Waals surface area (Å²) in [5.41, 5.74) is 1.55. The van der Waals surface area contributed by atoms with Gasteiger partial charge in [0.15, 0.2) is 0 Å². The molecule has 0 heterocycles. The van der Waals surface area contributed by atoms with E-state index >= 15 is 0 Å². The summed E-state index contributed by atoms with van der Waals surface area (Å²) < 4.78 is 5.90. The fourth-order valence-electron chi connectivity index (χ4n) is 3.93. The lowest BCUT2D eigenvalue weighted by Gasteiger charge is -2.10. The molecule has 35 heavy (non-hydrogen) atoms. The summed E-state index contributed by atoms with van der Waals surface area (Å²) in [6, 6.07) is 14.8. The predicted octanol–water partition coefficient (Wildman–Crippen LogP) is 8.86. The second-order valence-electron chi connectivity index (χ2n) is 9.28. The number of amides is 2. The van der Waals surface area contributed by atoms with Crippen molar-refractivity contribution in [2.75, 3.05) is 10.6 Å². The maximum atomic E-state index is 12.1. The third-order valence-electron chi connectivity index (χ3n) is 6.03. The molecule has 0 aliphatic carbocycles. The number of ether oxygens (including phenoxy) is 1. The summed E-state index contributed by atoms with van der Waals surface area (Å²) in [4.78, 5) is 24.2. The van der Waals surface area contributed by atoms with E-state index in [0.29, 0.717) is 24.3 Å². The van der Waals surface area contributed by atoms with E-state index in [1.807, 2.05) is 48.5 Å². The molecule has 0 aliphatic heterocycles. The highest BCUT2D eigenvalue weighted by Crippen LogP contribution is 2.25. The van der Waals surface area contributed by atoms with Crippen LogP contribution < -0.4 is 15.4 Å². The second-order valence-corrected chi connectivity index (χ2v) is 9.28. The fraction of sp³-hybridized carbons (Fsp3) is 0.533. The molecule has 5 heteroatoms. The van der Waals surface area contributed by atoms with E-state index < -0.39 is 0 Å². The van der Waals surface area contributed by atoms with Crippen LogP contribution in [-0.4, -0.2) is 11.8 Å². The third kappa shape index (κ3) is 13.0. The van der Waals surface area contributed by atoms with Crippen molar-refractivity contribution in [2.45, 2.75) is 104 Å². The van der Waals surface area contributed by atoms with Crippen LogP contribution in [0.1, 0.15) is 104 Å². The Balaban J connectivity index is 1.67. The maximum Gasteiger partial charge on any atom is 0.224 e. The van der Waals surface area contributed by atoms with Crippen LogP contribution >= 0.6 is 0 Å². The average Bonchev–Trinajstić information content (AvgIpc) is 2.86. The quantitative estimate of drug-likeness (QED) is 0.209. The molecular weight excluding hydrogens is 436 g/mol. The van der Waals surface area contributed by atoms with E-state index in [-0.39, 0.29) is 11.8 Å². The summed E-state index contributed by atoms with van der Waals surface area (Å²) >= 11 is 0. The zero-order valence-electron chi connectivity index (χ0n) is 21.7. The van der Waals surface area contributed by atoms with Crippen molar-refractivity contribution in [3.8, 4) is 11.5 Å². The van der Waals surface area contributed by atoms with E-state index in [2.05, 4.69) is 24.5 Å². The third-order valence-corrected chi connectivity index (χ3v) is 6.03. The molecule has 2 aromatic carbocycles. The molecule has 0 radical (unpaired) electrons. The molecule has 0 fully saturated rings. The largest absolute Gasteiger partial charge is 0.457 e. The normalized spacial score (nSPS) is 10.7. The minimum atomic E-state index is 0.0586. The van der Waals surface area contributed by atoms with Crippen LogP contribution in [0.4, 0.5) is 11.4 Å². The van der Waals surface area contributed by atoms with Crippen molar-refractivity contribution in [1.29, 1.82) is 0 Å². The molecule has 2 rings (SSSR count). The summed E-state index contributed by atoms with van der Waals surface area (Å²) in [6.07, 6.45) is 15.2. The first-order chi connectivity index (χ1) is 17.1. The molecular formula is C30H44N2O3. The summed E-state index contributed by atoms with van der Waals surface area (Å²) in [7, 11) is 0. The minimum Gasteiger partial charge on any atom is -0.457 e. The van der Waals surface area contributed by atoms with Crippen LogP contribution in [0.5, 0.6) is 11.5 Å². The van der Waals surface area contributed by atoms with Gasteiger partial charge in [-0.2, -0.15) is 0 Å². The molecule has 0 saturated heterocycles. The molecule has 0 saturated carbocycles. The minimum absolute atomic E-state index is 0.0586. The molecule has 0 atom stereocenters. The fourth-order valence-corrected chi connectivity index (χ4v) is 3.93. The first kappa shape index (κ1) is 28.4. The molecule has 0 aromatic heterocycles. The van der Waals surface area contributed by atoms with E-state index in [4.69, 9.17) is 4.74 Å².